The zero-order chi connectivity index (χ0) is 10.0. The molecule has 0 aliphatic rings. The Morgan fingerprint density at radius 1 is 1.69 bits per heavy atom. The zero-order valence-corrected chi connectivity index (χ0v) is 9.78. The number of nitrogens with two attached hydrogens (primary N) is 1. The average Bonchev–Trinajstić information content (AvgIpc) is 2.41. The molecule has 0 saturated heterocycles. The van der Waals surface area contributed by atoms with Crippen LogP contribution in [-0.2, 0) is 0 Å². The third-order valence-corrected chi connectivity index (χ3v) is 5.90. The predicted molar refractivity (Wildman–Crippen MR) is 54.3 cm³/mol. The van der Waals surface area contributed by atoms with Gasteiger partial charge >= 0.3 is 86.5 Å². The van der Waals surface area contributed by atoms with E-state index in [1.165, 1.54) is 18.7 Å². The Hall–Kier alpha value is -0.691. The van der Waals surface area contributed by atoms with Gasteiger partial charge in [0.1, 0.15) is 0 Å². The number of rotatable bonds is 2. The summed E-state index contributed by atoms with van der Waals surface area (Å²) in [5, 5.41) is 8.80. The van der Waals surface area contributed by atoms with Crippen molar-refractivity contribution in [2.45, 2.75) is 10.7 Å². The number of hydrogen-bond donors (Lipinski definition) is 1. The number of ketones is 1. The van der Waals surface area contributed by atoms with Gasteiger partial charge in [-0.1, -0.05) is 0 Å². The molecule has 3 nitrogen and oxygen atoms in total. The molecule has 1 aromatic heterocycles. The molecule has 0 aliphatic heterocycles. The van der Waals surface area contributed by atoms with E-state index in [1.54, 1.807) is 0 Å². The Kier molecular flexibility index (Phi) is 3.21. The van der Waals surface area contributed by atoms with Gasteiger partial charge in [0.2, 0.25) is 0 Å². The van der Waals surface area contributed by atoms with Crippen LogP contribution in [0.1, 0.15) is 21.7 Å². The van der Waals surface area contributed by atoms with Crippen LogP contribution in [0, 0.1) is 11.3 Å². The van der Waals surface area contributed by atoms with Crippen LogP contribution in [0.25, 0.3) is 0 Å². The molecular formula is C8H8N2OSSe. The van der Waals surface area contributed by atoms with Crippen LogP contribution >= 0.6 is 11.8 Å². The molecule has 0 aromatic carbocycles. The summed E-state index contributed by atoms with van der Waals surface area (Å²) in [5.74, 6) is -0.0192. The van der Waals surface area contributed by atoms with Crippen LogP contribution < -0.4 is 5.73 Å². The first-order valence-corrected chi connectivity index (χ1v) is 6.42. The Labute approximate surface area is 86.7 Å². The molecule has 5 heteroatoms. The van der Waals surface area contributed by atoms with Crippen molar-refractivity contribution >= 4 is 37.7 Å². The predicted octanol–water partition coefficient (Wildman–Crippen LogP) is 1.12. The molecule has 1 aromatic rings. The molecule has 0 aliphatic carbocycles. The Morgan fingerprint density at radius 2 is 2.31 bits per heavy atom. The van der Waals surface area contributed by atoms with Crippen molar-refractivity contribution in [3.63, 3.8) is 0 Å². The van der Waals surface area contributed by atoms with E-state index >= 15 is 0 Å². The monoisotopic (exact) mass is 260 g/mol. The molecule has 0 spiro atoms. The van der Waals surface area contributed by atoms with Crippen LogP contribution in [0.4, 0.5) is 5.69 Å². The summed E-state index contributed by atoms with van der Waals surface area (Å²) >= 11 is 1.45. The van der Waals surface area contributed by atoms with Gasteiger partial charge in [-0.3, -0.25) is 0 Å². The molecule has 0 unspecified atom stereocenters. The summed E-state index contributed by atoms with van der Waals surface area (Å²) in [4.78, 5) is 11.1. The van der Waals surface area contributed by atoms with Gasteiger partial charge in [-0.15, -0.1) is 0 Å². The first-order chi connectivity index (χ1) is 6.11. The number of carbonyl (C=O) groups excluding carboxylic acids is 1. The summed E-state index contributed by atoms with van der Waals surface area (Å²) in [6, 6.07) is 2.04. The Balaban J connectivity index is 3.37. The molecular weight excluding hydrogens is 251 g/mol. The molecule has 0 radical (unpaired) electrons. The van der Waals surface area contributed by atoms with Crippen molar-refractivity contribution in [2.75, 3.05) is 12.0 Å². The van der Waals surface area contributed by atoms with Crippen LogP contribution in [0.2, 0.25) is 0 Å². The standard InChI is InChI=1S/C8H8N2OSSe/c1-4(11)7-6(10)5(3-9)8(12-2)13-7/h10H2,1-2H3. The van der Waals surface area contributed by atoms with Crippen molar-refractivity contribution in [1.29, 1.82) is 5.26 Å². The number of nitrogen functional groups attached to an aromatic ring is 1. The number of Topliss-reactive ketones (excluding diaryl/α,β-unsaturated/α-hetero) is 1. The molecule has 0 fully saturated rings. The van der Waals surface area contributed by atoms with Crippen LogP contribution in [0.5, 0.6) is 0 Å². The summed E-state index contributed by atoms with van der Waals surface area (Å²) in [5.41, 5.74) is 6.57. The van der Waals surface area contributed by atoms with Gasteiger partial charge in [-0.05, 0) is 0 Å². The molecule has 0 amide bonds. The van der Waals surface area contributed by atoms with Crippen molar-refractivity contribution in [1.82, 2.24) is 0 Å². The average molecular weight is 259 g/mol. The molecule has 1 rings (SSSR count). The summed E-state index contributed by atoms with van der Waals surface area (Å²) < 4.78 is 1.59. The second-order valence-electron chi connectivity index (χ2n) is 2.38. The van der Waals surface area contributed by atoms with E-state index in [4.69, 9.17) is 11.0 Å². The summed E-state index contributed by atoms with van der Waals surface area (Å²) in [7, 11) is 0. The molecule has 0 atom stereocenters. The molecule has 13 heavy (non-hydrogen) atoms. The fraction of sp³-hybridized carbons (Fsp3) is 0.250. The summed E-state index contributed by atoms with van der Waals surface area (Å²) in [6.07, 6.45) is 1.89. The summed E-state index contributed by atoms with van der Waals surface area (Å²) in [6.45, 7) is 1.49. The van der Waals surface area contributed by atoms with Gasteiger partial charge < -0.3 is 0 Å². The molecule has 0 bridgehead atoms. The van der Waals surface area contributed by atoms with Gasteiger partial charge in [0, 0.05) is 0 Å². The Bertz CT molecular complexity index is 392. The third-order valence-electron chi connectivity index (χ3n) is 1.53. The second kappa shape index (κ2) is 4.01. The minimum atomic E-state index is -0.0552. The van der Waals surface area contributed by atoms with E-state index in [-0.39, 0.29) is 20.3 Å². The van der Waals surface area contributed by atoms with E-state index in [2.05, 4.69) is 0 Å². The van der Waals surface area contributed by atoms with Crippen LogP contribution in [0.3, 0.4) is 0 Å². The van der Waals surface area contributed by atoms with Gasteiger partial charge in [0.25, 0.3) is 0 Å². The van der Waals surface area contributed by atoms with Gasteiger partial charge in [-0.2, -0.15) is 0 Å². The normalized spacial score (nSPS) is 9.62. The van der Waals surface area contributed by atoms with E-state index < -0.39 is 0 Å². The van der Waals surface area contributed by atoms with E-state index in [1.807, 2.05) is 12.3 Å². The first-order valence-electron chi connectivity index (χ1n) is 3.49. The number of nitrogens with zero attached hydrogens (tertiary/aromatic N) is 1. The number of thioether (sulfide) groups is 1. The van der Waals surface area contributed by atoms with E-state index in [9.17, 15) is 4.79 Å². The number of nitriles is 1. The van der Waals surface area contributed by atoms with E-state index in [0.29, 0.717) is 15.7 Å². The fourth-order valence-corrected chi connectivity index (χ4v) is 4.01. The van der Waals surface area contributed by atoms with Crippen molar-refractivity contribution in [2.24, 2.45) is 0 Å². The van der Waals surface area contributed by atoms with Crippen LogP contribution in [-0.4, -0.2) is 26.5 Å². The number of anilines is 1. The SMILES string of the molecule is CSc1[se]c(C(C)=O)c(N)c1C#N. The molecule has 0 saturated carbocycles. The molecule has 2 N–H and O–H groups in total. The third kappa shape index (κ3) is 1.80. The zero-order valence-electron chi connectivity index (χ0n) is 7.25. The van der Waals surface area contributed by atoms with Crippen molar-refractivity contribution in [3.8, 4) is 6.07 Å². The second-order valence-corrected chi connectivity index (χ2v) is 5.92. The van der Waals surface area contributed by atoms with Gasteiger partial charge in [-0.25, -0.2) is 0 Å². The van der Waals surface area contributed by atoms with Gasteiger partial charge in [0.05, 0.1) is 0 Å². The van der Waals surface area contributed by atoms with Gasteiger partial charge in [0.15, 0.2) is 0 Å². The first kappa shape index (κ1) is 10.4. The van der Waals surface area contributed by atoms with E-state index in [0.717, 1.165) is 3.77 Å². The van der Waals surface area contributed by atoms with Crippen molar-refractivity contribution in [3.05, 3.63) is 10.0 Å². The Morgan fingerprint density at radius 3 is 2.62 bits per heavy atom. The minimum absolute atomic E-state index is 0.0192. The number of carbonyl (C=O) groups is 1. The maximum atomic E-state index is 11.1. The quantitative estimate of drug-likeness (QED) is 0.491. The molecule has 1 heterocycles. The topological polar surface area (TPSA) is 66.9 Å². The number of hydrogen-bond acceptors (Lipinski definition) is 4. The maximum absolute atomic E-state index is 11.1. The van der Waals surface area contributed by atoms with Crippen molar-refractivity contribution < 1.29 is 4.79 Å². The fourth-order valence-electron chi connectivity index (χ4n) is 0.933. The van der Waals surface area contributed by atoms with Crippen LogP contribution in [0.15, 0.2) is 3.77 Å². The molecule has 68 valence electrons.